The van der Waals surface area contributed by atoms with Crippen molar-refractivity contribution in [3.8, 4) is 5.75 Å². The molecule has 1 unspecified atom stereocenters. The predicted octanol–water partition coefficient (Wildman–Crippen LogP) is 7.96. The minimum absolute atomic E-state index is 0.123. The van der Waals surface area contributed by atoms with Gasteiger partial charge in [0.05, 0.1) is 13.0 Å². The summed E-state index contributed by atoms with van der Waals surface area (Å²) in [6, 6.07) is 19.1. The van der Waals surface area contributed by atoms with E-state index in [2.05, 4.69) is 54.1 Å². The molecule has 2 aromatic heterocycles. The standard InChI is InChI=1S/C37H45N3O2/c1-25-22-26(2)39-36-34(25)32-12-8-9-13-33(32)40(36)24-28-14-18-30(19-15-28)35(29-10-6-4-5-7-11-29)37(41)38-23-27-16-20-31(42-3)21-17-27/h14-22,29,35H,4-13,23-24H2,1-3H3,(H,38,41). The normalized spacial score (nSPS) is 16.5. The van der Waals surface area contributed by atoms with Gasteiger partial charge in [0.1, 0.15) is 11.4 Å². The lowest BCUT2D eigenvalue weighted by atomic mass is 9.80. The summed E-state index contributed by atoms with van der Waals surface area (Å²) in [6.07, 6.45) is 12.0. The van der Waals surface area contributed by atoms with Crippen LogP contribution in [-0.4, -0.2) is 22.6 Å². The van der Waals surface area contributed by atoms with Crippen LogP contribution in [-0.2, 0) is 30.7 Å². The molecule has 0 bridgehead atoms. The number of hydrogen-bond donors (Lipinski definition) is 1. The number of aryl methyl sites for hydroxylation is 3. The molecule has 2 heterocycles. The van der Waals surface area contributed by atoms with Gasteiger partial charge in [0.15, 0.2) is 0 Å². The highest BCUT2D eigenvalue weighted by Crippen LogP contribution is 2.37. The second kappa shape index (κ2) is 12.7. The Hall–Kier alpha value is -3.60. The van der Waals surface area contributed by atoms with Crippen LogP contribution in [0.3, 0.4) is 0 Å². The Bertz CT molecular complexity index is 1530. The van der Waals surface area contributed by atoms with E-state index in [-0.39, 0.29) is 11.8 Å². The van der Waals surface area contributed by atoms with Crippen LogP contribution in [0.15, 0.2) is 54.6 Å². The van der Waals surface area contributed by atoms with Crippen molar-refractivity contribution in [3.05, 3.63) is 93.8 Å². The third kappa shape index (κ3) is 5.97. The Kier molecular flexibility index (Phi) is 8.64. The summed E-state index contributed by atoms with van der Waals surface area (Å²) >= 11 is 0. The summed E-state index contributed by atoms with van der Waals surface area (Å²) in [7, 11) is 1.67. The van der Waals surface area contributed by atoms with E-state index in [0.29, 0.717) is 12.5 Å². The molecule has 6 rings (SSSR count). The van der Waals surface area contributed by atoms with Gasteiger partial charge in [-0.2, -0.15) is 0 Å². The van der Waals surface area contributed by atoms with Crippen LogP contribution < -0.4 is 10.1 Å². The van der Waals surface area contributed by atoms with E-state index >= 15 is 0 Å². The molecule has 0 spiro atoms. The van der Waals surface area contributed by atoms with Gasteiger partial charge in [0, 0.05) is 29.9 Å². The van der Waals surface area contributed by atoms with E-state index in [1.54, 1.807) is 7.11 Å². The monoisotopic (exact) mass is 563 g/mol. The molecule has 1 amide bonds. The molecule has 0 saturated heterocycles. The zero-order valence-electron chi connectivity index (χ0n) is 25.5. The maximum absolute atomic E-state index is 13.8. The number of carbonyl (C=O) groups is 1. The number of methoxy groups -OCH3 is 1. The minimum atomic E-state index is -0.123. The van der Waals surface area contributed by atoms with Gasteiger partial charge in [-0.05, 0) is 104 Å². The number of nitrogens with one attached hydrogen (secondary N) is 1. The number of hydrogen-bond acceptors (Lipinski definition) is 3. The summed E-state index contributed by atoms with van der Waals surface area (Å²) in [4.78, 5) is 18.9. The van der Waals surface area contributed by atoms with Gasteiger partial charge in [-0.3, -0.25) is 4.79 Å². The molecule has 4 aromatic rings. The molecule has 1 atom stereocenters. The molecule has 0 radical (unpaired) electrons. The van der Waals surface area contributed by atoms with Crippen LogP contribution in [0.25, 0.3) is 11.0 Å². The number of benzene rings is 2. The lowest BCUT2D eigenvalue weighted by molar-refractivity contribution is -0.124. The average Bonchev–Trinajstić information content (AvgIpc) is 3.13. The summed E-state index contributed by atoms with van der Waals surface area (Å²) in [6.45, 7) is 5.69. The molecule has 220 valence electrons. The van der Waals surface area contributed by atoms with Gasteiger partial charge in [0.2, 0.25) is 5.91 Å². The number of pyridine rings is 1. The van der Waals surface area contributed by atoms with Crippen molar-refractivity contribution < 1.29 is 9.53 Å². The fourth-order valence-corrected chi connectivity index (χ4v) is 7.48. The third-order valence-corrected chi connectivity index (χ3v) is 9.61. The van der Waals surface area contributed by atoms with Crippen LogP contribution in [0, 0.1) is 19.8 Å². The van der Waals surface area contributed by atoms with Gasteiger partial charge in [-0.25, -0.2) is 4.98 Å². The van der Waals surface area contributed by atoms with E-state index < -0.39 is 0 Å². The molecule has 0 aliphatic heterocycles. The molecule has 1 saturated carbocycles. The summed E-state index contributed by atoms with van der Waals surface area (Å²) in [5, 5.41) is 4.65. The van der Waals surface area contributed by atoms with E-state index in [1.165, 1.54) is 66.3 Å². The van der Waals surface area contributed by atoms with E-state index in [1.807, 2.05) is 24.3 Å². The zero-order valence-corrected chi connectivity index (χ0v) is 25.5. The van der Waals surface area contributed by atoms with Gasteiger partial charge < -0.3 is 14.6 Å². The van der Waals surface area contributed by atoms with Gasteiger partial charge in [0.25, 0.3) is 0 Å². The van der Waals surface area contributed by atoms with E-state index in [0.717, 1.165) is 60.4 Å². The molecule has 1 N–H and O–H groups in total. The molecule has 5 heteroatoms. The largest absolute Gasteiger partial charge is 0.497 e. The Morgan fingerprint density at radius 2 is 1.62 bits per heavy atom. The molecule has 2 aliphatic carbocycles. The maximum Gasteiger partial charge on any atom is 0.228 e. The lowest BCUT2D eigenvalue weighted by Gasteiger charge is -2.26. The highest BCUT2D eigenvalue weighted by atomic mass is 16.5. The van der Waals surface area contributed by atoms with Crippen molar-refractivity contribution in [1.29, 1.82) is 0 Å². The van der Waals surface area contributed by atoms with Gasteiger partial charge in [-0.1, -0.05) is 62.1 Å². The topological polar surface area (TPSA) is 56.1 Å². The second-order valence-corrected chi connectivity index (χ2v) is 12.5. The molecule has 2 aromatic carbocycles. The average molecular weight is 564 g/mol. The fourth-order valence-electron chi connectivity index (χ4n) is 7.48. The first-order valence-electron chi connectivity index (χ1n) is 16.0. The van der Waals surface area contributed by atoms with Crippen LogP contribution >= 0.6 is 0 Å². The van der Waals surface area contributed by atoms with Crippen molar-refractivity contribution in [2.45, 2.75) is 97.1 Å². The third-order valence-electron chi connectivity index (χ3n) is 9.61. The van der Waals surface area contributed by atoms with Crippen LogP contribution in [0.5, 0.6) is 5.75 Å². The van der Waals surface area contributed by atoms with Crippen LogP contribution in [0.4, 0.5) is 0 Å². The zero-order chi connectivity index (χ0) is 29.1. The first kappa shape index (κ1) is 28.5. The maximum atomic E-state index is 13.8. The second-order valence-electron chi connectivity index (χ2n) is 12.5. The number of ether oxygens (including phenoxy) is 1. The number of rotatable bonds is 8. The van der Waals surface area contributed by atoms with Crippen molar-refractivity contribution in [3.63, 3.8) is 0 Å². The van der Waals surface area contributed by atoms with Crippen LogP contribution in [0.1, 0.15) is 96.5 Å². The Balaban J connectivity index is 1.26. The smallest absolute Gasteiger partial charge is 0.228 e. The Morgan fingerprint density at radius 1 is 0.929 bits per heavy atom. The molecule has 2 aliphatic rings. The van der Waals surface area contributed by atoms with Crippen molar-refractivity contribution in [1.82, 2.24) is 14.9 Å². The first-order chi connectivity index (χ1) is 20.5. The highest BCUT2D eigenvalue weighted by molar-refractivity contribution is 5.86. The number of fused-ring (bicyclic) bond motifs is 3. The van der Waals surface area contributed by atoms with Crippen molar-refractivity contribution >= 4 is 16.9 Å². The first-order valence-corrected chi connectivity index (χ1v) is 16.0. The van der Waals surface area contributed by atoms with Gasteiger partial charge >= 0.3 is 0 Å². The number of carbonyl (C=O) groups excluding carboxylic acids is 1. The molecule has 1 fully saturated rings. The van der Waals surface area contributed by atoms with E-state index in [4.69, 9.17) is 9.72 Å². The molecule has 42 heavy (non-hydrogen) atoms. The summed E-state index contributed by atoms with van der Waals surface area (Å²) in [5.74, 6) is 1.23. The van der Waals surface area contributed by atoms with E-state index in [9.17, 15) is 4.79 Å². The minimum Gasteiger partial charge on any atom is -0.497 e. The Labute approximate surface area is 250 Å². The van der Waals surface area contributed by atoms with Crippen molar-refractivity contribution in [2.24, 2.45) is 5.92 Å². The van der Waals surface area contributed by atoms with Crippen LogP contribution in [0.2, 0.25) is 0 Å². The fraction of sp³-hybridized carbons (Fsp3) is 0.459. The molecular formula is C37H45N3O2. The predicted molar refractivity (Wildman–Crippen MR) is 170 cm³/mol. The summed E-state index contributed by atoms with van der Waals surface area (Å²) < 4.78 is 7.77. The Morgan fingerprint density at radius 3 is 2.33 bits per heavy atom. The van der Waals surface area contributed by atoms with Gasteiger partial charge in [-0.15, -0.1) is 0 Å². The molecule has 5 nitrogen and oxygen atoms in total. The number of nitrogens with zero attached hydrogens (tertiary/aromatic N) is 2. The quantitative estimate of drug-likeness (QED) is 0.221. The SMILES string of the molecule is COc1ccc(CNC(=O)C(c2ccc(Cn3c4c(c5c(C)cc(C)nc53)CCCC4)cc2)C2CCCCCC2)cc1. The number of aromatic nitrogens is 2. The number of amides is 1. The summed E-state index contributed by atoms with van der Waals surface area (Å²) in [5.41, 5.74) is 10.0. The lowest BCUT2D eigenvalue weighted by Crippen LogP contribution is -2.33. The highest BCUT2D eigenvalue weighted by Gasteiger charge is 2.30. The van der Waals surface area contributed by atoms with Crippen molar-refractivity contribution in [2.75, 3.05) is 7.11 Å². The molecular weight excluding hydrogens is 518 g/mol.